The van der Waals surface area contributed by atoms with E-state index in [0.717, 1.165) is 0 Å². The van der Waals surface area contributed by atoms with E-state index >= 15 is 0 Å². The van der Waals surface area contributed by atoms with Crippen molar-refractivity contribution in [1.82, 2.24) is 10.2 Å². The van der Waals surface area contributed by atoms with E-state index in [1.165, 1.54) is 0 Å². The van der Waals surface area contributed by atoms with Crippen LogP contribution in [0.3, 0.4) is 0 Å². The molecule has 0 saturated carbocycles. The van der Waals surface area contributed by atoms with Gasteiger partial charge in [-0.05, 0) is 49.2 Å². The zero-order valence-electron chi connectivity index (χ0n) is 20.4. The molecule has 38 heavy (non-hydrogen) atoms. The molecule has 0 aromatic heterocycles. The van der Waals surface area contributed by atoms with Crippen LogP contribution in [-0.4, -0.2) is 73.2 Å². The lowest BCUT2D eigenvalue weighted by Gasteiger charge is -2.31. The number of hydrogen-bond acceptors (Lipinski definition) is 5. The summed E-state index contributed by atoms with van der Waals surface area (Å²) in [7, 11) is 1.59. The Balaban J connectivity index is 0.000000638. The third kappa shape index (κ3) is 9.34. The monoisotopic (exact) mass is 557 g/mol. The van der Waals surface area contributed by atoms with Crippen molar-refractivity contribution >= 4 is 41.0 Å². The lowest BCUT2D eigenvalue weighted by Crippen LogP contribution is -2.43. The number of carboxylic acids is 1. The number of carboxylic acid groups (broad SMARTS) is 1. The molecule has 0 radical (unpaired) electrons. The van der Waals surface area contributed by atoms with Gasteiger partial charge in [-0.2, -0.15) is 13.2 Å². The van der Waals surface area contributed by atoms with Crippen LogP contribution in [0.2, 0.25) is 5.02 Å². The maximum absolute atomic E-state index is 12.8. The summed E-state index contributed by atoms with van der Waals surface area (Å²) in [5, 5.41) is 13.1. The van der Waals surface area contributed by atoms with Gasteiger partial charge in [0.15, 0.2) is 0 Å². The first kappa shape index (κ1) is 30.6. The Morgan fingerprint density at radius 3 is 2.16 bits per heavy atom. The highest BCUT2D eigenvalue weighted by Gasteiger charge is 2.38. The summed E-state index contributed by atoms with van der Waals surface area (Å²) in [6.45, 7) is 2.05. The van der Waals surface area contributed by atoms with Gasteiger partial charge in [0.05, 0.1) is 17.2 Å². The molecule has 0 aliphatic carbocycles. The van der Waals surface area contributed by atoms with E-state index in [0.29, 0.717) is 60.9 Å². The molecule has 1 aliphatic heterocycles. The first-order chi connectivity index (χ1) is 17.9. The number of alkyl halides is 3. The molecule has 206 valence electrons. The Morgan fingerprint density at radius 2 is 1.63 bits per heavy atom. The number of piperidine rings is 1. The SMILES string of the molecule is COCCNC(=O)C1CCN(C(=O)c2ccc(NC(=O)c3ccccc3Cl)cc2)CC1.O=C(O)C(F)(F)F. The van der Waals surface area contributed by atoms with Crippen LogP contribution in [0.4, 0.5) is 18.9 Å². The number of benzene rings is 2. The Morgan fingerprint density at radius 1 is 1.05 bits per heavy atom. The lowest BCUT2D eigenvalue weighted by molar-refractivity contribution is -0.192. The minimum absolute atomic E-state index is 0.0164. The van der Waals surface area contributed by atoms with Crippen molar-refractivity contribution in [2.75, 3.05) is 38.7 Å². The molecule has 9 nitrogen and oxygen atoms in total. The molecule has 1 saturated heterocycles. The highest BCUT2D eigenvalue weighted by Crippen LogP contribution is 2.21. The van der Waals surface area contributed by atoms with Gasteiger partial charge in [-0.3, -0.25) is 14.4 Å². The Kier molecular flexibility index (Phi) is 11.5. The van der Waals surface area contributed by atoms with Crippen molar-refractivity contribution in [3.8, 4) is 0 Å². The van der Waals surface area contributed by atoms with Gasteiger partial charge in [-0.15, -0.1) is 0 Å². The molecule has 1 fully saturated rings. The molecule has 3 amide bonds. The standard InChI is InChI=1S/C23H26ClN3O4.C2HF3O2/c1-31-15-12-25-21(28)16-10-13-27(14-11-16)23(30)17-6-8-18(9-7-17)26-22(29)19-4-2-3-5-20(19)24;3-2(4,5)1(6)7/h2-9,16H,10-15H2,1H3,(H,25,28)(H,26,29);(H,6,7). The van der Waals surface area contributed by atoms with E-state index in [1.54, 1.807) is 60.5 Å². The van der Waals surface area contributed by atoms with Gasteiger partial charge in [-0.1, -0.05) is 23.7 Å². The van der Waals surface area contributed by atoms with Gasteiger partial charge < -0.3 is 25.4 Å². The largest absolute Gasteiger partial charge is 0.490 e. The third-order valence-corrected chi connectivity index (χ3v) is 5.84. The number of nitrogens with zero attached hydrogens (tertiary/aromatic N) is 1. The predicted octanol–water partition coefficient (Wildman–Crippen LogP) is 3.84. The van der Waals surface area contributed by atoms with Crippen molar-refractivity contribution in [1.29, 1.82) is 0 Å². The molecule has 0 atom stereocenters. The molecule has 1 aliphatic rings. The van der Waals surface area contributed by atoms with Crippen molar-refractivity contribution in [3.05, 3.63) is 64.7 Å². The summed E-state index contributed by atoms with van der Waals surface area (Å²) >= 11 is 6.06. The summed E-state index contributed by atoms with van der Waals surface area (Å²) in [4.78, 5) is 48.0. The van der Waals surface area contributed by atoms with Crippen LogP contribution in [0.25, 0.3) is 0 Å². The second-order valence-corrected chi connectivity index (χ2v) is 8.57. The highest BCUT2D eigenvalue weighted by atomic mass is 35.5. The van der Waals surface area contributed by atoms with Crippen LogP contribution in [-0.2, 0) is 14.3 Å². The van der Waals surface area contributed by atoms with Gasteiger partial charge in [0.25, 0.3) is 11.8 Å². The molecule has 1 heterocycles. The van der Waals surface area contributed by atoms with Gasteiger partial charge in [-0.25, -0.2) is 4.79 Å². The zero-order chi connectivity index (χ0) is 28.3. The first-order valence-electron chi connectivity index (χ1n) is 11.5. The minimum Gasteiger partial charge on any atom is -0.475 e. The number of carbonyl (C=O) groups excluding carboxylic acids is 3. The number of nitrogens with one attached hydrogen (secondary N) is 2. The number of likely N-dealkylation sites (tertiary alicyclic amines) is 1. The maximum Gasteiger partial charge on any atom is 0.490 e. The van der Waals surface area contributed by atoms with Crippen LogP contribution in [0.1, 0.15) is 33.6 Å². The maximum atomic E-state index is 12.8. The Hall–Kier alpha value is -3.64. The molecule has 2 aromatic rings. The molecule has 3 N–H and O–H groups in total. The van der Waals surface area contributed by atoms with Crippen LogP contribution < -0.4 is 10.6 Å². The number of ether oxygens (including phenoxy) is 1. The molecule has 3 rings (SSSR count). The van der Waals surface area contributed by atoms with Crippen molar-refractivity contribution in [2.45, 2.75) is 19.0 Å². The summed E-state index contributed by atoms with van der Waals surface area (Å²) in [6, 6.07) is 13.6. The van der Waals surface area contributed by atoms with Crippen LogP contribution in [0.5, 0.6) is 0 Å². The Bertz CT molecular complexity index is 1120. The first-order valence-corrected chi connectivity index (χ1v) is 11.8. The zero-order valence-corrected chi connectivity index (χ0v) is 21.1. The van der Waals surface area contributed by atoms with Gasteiger partial charge >= 0.3 is 12.1 Å². The molecule has 2 aromatic carbocycles. The summed E-state index contributed by atoms with van der Waals surface area (Å²) in [5.41, 5.74) is 1.50. The van der Waals surface area contributed by atoms with E-state index in [-0.39, 0.29) is 23.6 Å². The number of hydrogen-bond donors (Lipinski definition) is 3. The van der Waals surface area contributed by atoms with E-state index < -0.39 is 12.1 Å². The lowest BCUT2D eigenvalue weighted by atomic mass is 9.95. The molecular formula is C25H27ClF3N3O6. The van der Waals surface area contributed by atoms with E-state index in [9.17, 15) is 27.6 Å². The normalized spacial score (nSPS) is 13.7. The van der Waals surface area contributed by atoms with Crippen molar-refractivity contribution < 1.29 is 42.2 Å². The number of aliphatic carboxylic acids is 1. The Labute approximate surface area is 221 Å². The van der Waals surface area contributed by atoms with Gasteiger partial charge in [0, 0.05) is 43.9 Å². The fourth-order valence-corrected chi connectivity index (χ4v) is 3.71. The second-order valence-electron chi connectivity index (χ2n) is 8.16. The molecule has 0 spiro atoms. The van der Waals surface area contributed by atoms with Crippen molar-refractivity contribution in [3.63, 3.8) is 0 Å². The third-order valence-electron chi connectivity index (χ3n) is 5.51. The van der Waals surface area contributed by atoms with Crippen LogP contribution in [0.15, 0.2) is 48.5 Å². The smallest absolute Gasteiger partial charge is 0.475 e. The van der Waals surface area contributed by atoms with E-state index in [2.05, 4.69) is 10.6 Å². The fraction of sp³-hybridized carbons (Fsp3) is 0.360. The molecular weight excluding hydrogens is 531 g/mol. The topological polar surface area (TPSA) is 125 Å². The van der Waals surface area contributed by atoms with Gasteiger partial charge in [0.1, 0.15) is 0 Å². The number of halogens is 4. The number of carbonyl (C=O) groups is 4. The molecule has 0 unspecified atom stereocenters. The van der Waals surface area contributed by atoms with Crippen molar-refractivity contribution in [2.24, 2.45) is 5.92 Å². The minimum atomic E-state index is -5.08. The summed E-state index contributed by atoms with van der Waals surface area (Å²) in [6.07, 6.45) is -3.81. The summed E-state index contributed by atoms with van der Waals surface area (Å²) in [5.74, 6) is -3.21. The molecule has 13 heteroatoms. The van der Waals surface area contributed by atoms with E-state index in [4.69, 9.17) is 26.2 Å². The number of rotatable bonds is 7. The average Bonchev–Trinajstić information content (AvgIpc) is 2.89. The van der Waals surface area contributed by atoms with Crippen LogP contribution >= 0.6 is 11.6 Å². The number of amides is 3. The quantitative estimate of drug-likeness (QED) is 0.444. The van der Waals surface area contributed by atoms with Crippen LogP contribution in [0, 0.1) is 5.92 Å². The second kappa shape index (κ2) is 14.3. The van der Waals surface area contributed by atoms with E-state index in [1.807, 2.05) is 0 Å². The highest BCUT2D eigenvalue weighted by molar-refractivity contribution is 6.34. The fourth-order valence-electron chi connectivity index (χ4n) is 3.49. The van der Waals surface area contributed by atoms with Gasteiger partial charge in [0.2, 0.25) is 5.91 Å². The number of methoxy groups -OCH3 is 1. The summed E-state index contributed by atoms with van der Waals surface area (Å²) < 4.78 is 36.7. The average molecular weight is 558 g/mol. The molecule has 0 bridgehead atoms. The number of anilines is 1. The predicted molar refractivity (Wildman–Crippen MR) is 133 cm³/mol.